The largest absolute Gasteiger partial charge is 0.332 e. The summed E-state index contributed by atoms with van der Waals surface area (Å²) < 4.78 is 25.9. The average Bonchev–Trinajstić information content (AvgIpc) is 2.78. The lowest BCUT2D eigenvalue weighted by molar-refractivity contribution is 0.206. The van der Waals surface area contributed by atoms with Crippen LogP contribution in [0.1, 0.15) is 5.82 Å². The summed E-state index contributed by atoms with van der Waals surface area (Å²) in [6.45, 7) is 4.03. The van der Waals surface area contributed by atoms with Gasteiger partial charge in [0.15, 0.2) is 5.03 Å². The third-order valence-electron chi connectivity index (χ3n) is 2.92. The molecule has 2 rings (SSSR count). The molecule has 0 unspecified atom stereocenters. The Morgan fingerprint density at radius 3 is 2.61 bits per heavy atom. The molecule has 8 heteroatoms. The minimum absolute atomic E-state index is 0.133. The van der Waals surface area contributed by atoms with Gasteiger partial charge in [0.05, 0.1) is 18.8 Å². The zero-order valence-electron chi connectivity index (χ0n) is 10.1. The van der Waals surface area contributed by atoms with Crippen LogP contribution >= 0.6 is 0 Å². The van der Waals surface area contributed by atoms with Crippen LogP contribution < -0.4 is 0 Å². The van der Waals surface area contributed by atoms with Gasteiger partial charge >= 0.3 is 0 Å². The predicted octanol–water partition coefficient (Wildman–Crippen LogP) is -0.452. The number of aromatic amines is 1. The van der Waals surface area contributed by atoms with Crippen LogP contribution in [0.15, 0.2) is 11.2 Å². The van der Waals surface area contributed by atoms with Gasteiger partial charge in [0.25, 0.3) is 10.0 Å². The molecular weight excluding hydrogens is 254 g/mol. The van der Waals surface area contributed by atoms with E-state index < -0.39 is 10.0 Å². The fourth-order valence-corrected chi connectivity index (χ4v) is 3.28. The summed E-state index contributed by atoms with van der Waals surface area (Å²) in [6.07, 6.45) is 1.34. The van der Waals surface area contributed by atoms with E-state index in [-0.39, 0.29) is 5.03 Å². The maximum absolute atomic E-state index is 12.2. The van der Waals surface area contributed by atoms with Gasteiger partial charge in [0.1, 0.15) is 5.82 Å². The van der Waals surface area contributed by atoms with Gasteiger partial charge in [-0.3, -0.25) is 4.90 Å². The van der Waals surface area contributed by atoms with E-state index in [1.165, 1.54) is 10.5 Å². The summed E-state index contributed by atoms with van der Waals surface area (Å²) in [5.74, 6) is 0.580. The molecule has 0 aromatic carbocycles. The van der Waals surface area contributed by atoms with Gasteiger partial charge in [-0.1, -0.05) is 0 Å². The minimum Gasteiger partial charge on any atom is -0.332 e. The first-order valence-electron chi connectivity index (χ1n) is 5.65. The van der Waals surface area contributed by atoms with E-state index >= 15 is 0 Å². The Morgan fingerprint density at radius 1 is 1.44 bits per heavy atom. The third-order valence-corrected chi connectivity index (χ3v) is 4.73. The minimum atomic E-state index is -3.47. The van der Waals surface area contributed by atoms with Crippen molar-refractivity contribution in [3.05, 3.63) is 12.0 Å². The lowest BCUT2D eigenvalue weighted by Gasteiger charge is -2.32. The smallest absolute Gasteiger partial charge is 0.260 e. The Hall–Kier alpha value is -1.43. The topological polar surface area (TPSA) is 93.1 Å². The standard InChI is InChI=1S/C10H15N5O2S/c1-9-12-8-10(13-9)18(16,17)15-6-4-14(3-2-11)5-7-15/h8H,3-7H2,1H3,(H,12,13). The maximum atomic E-state index is 12.2. The normalized spacial score (nSPS) is 18.7. The van der Waals surface area contributed by atoms with Gasteiger partial charge in [0.2, 0.25) is 0 Å². The van der Waals surface area contributed by atoms with Crippen molar-refractivity contribution >= 4 is 10.0 Å². The molecule has 0 saturated carbocycles. The van der Waals surface area contributed by atoms with Crippen molar-refractivity contribution in [3.63, 3.8) is 0 Å². The zero-order chi connectivity index (χ0) is 13.2. The number of aryl methyl sites for hydroxylation is 1. The SMILES string of the molecule is Cc1ncc(S(=O)(=O)N2CCN(CC#N)CC2)[nH]1. The highest BCUT2D eigenvalue weighted by molar-refractivity contribution is 7.89. The first-order valence-corrected chi connectivity index (χ1v) is 7.09. The fraction of sp³-hybridized carbons (Fsp3) is 0.600. The van der Waals surface area contributed by atoms with Crippen molar-refractivity contribution in [1.29, 1.82) is 5.26 Å². The van der Waals surface area contributed by atoms with E-state index in [0.29, 0.717) is 38.5 Å². The number of hydrogen-bond donors (Lipinski definition) is 1. The monoisotopic (exact) mass is 269 g/mol. The van der Waals surface area contributed by atoms with Crippen LogP contribution in [-0.2, 0) is 10.0 Å². The van der Waals surface area contributed by atoms with Crippen molar-refractivity contribution < 1.29 is 8.42 Å². The Kier molecular flexibility index (Phi) is 3.65. The number of aromatic nitrogens is 2. The third kappa shape index (κ3) is 2.53. The second-order valence-corrected chi connectivity index (χ2v) is 6.08. The molecule has 1 N–H and O–H groups in total. The summed E-state index contributed by atoms with van der Waals surface area (Å²) in [5.41, 5.74) is 0. The Bertz CT molecular complexity index is 551. The first kappa shape index (κ1) is 13.0. The molecule has 1 aromatic heterocycles. The van der Waals surface area contributed by atoms with Crippen LogP contribution in [0.4, 0.5) is 0 Å². The van der Waals surface area contributed by atoms with Crippen molar-refractivity contribution in [2.45, 2.75) is 11.9 Å². The van der Waals surface area contributed by atoms with Crippen LogP contribution in [0.3, 0.4) is 0 Å². The number of hydrogen-bond acceptors (Lipinski definition) is 5. The van der Waals surface area contributed by atoms with Gasteiger partial charge in [-0.25, -0.2) is 13.4 Å². The summed E-state index contributed by atoms with van der Waals surface area (Å²) in [5, 5.41) is 8.72. The fourth-order valence-electron chi connectivity index (χ4n) is 1.90. The molecule has 1 aromatic rings. The molecule has 18 heavy (non-hydrogen) atoms. The second-order valence-electron chi connectivity index (χ2n) is 4.17. The molecule has 1 saturated heterocycles. The lowest BCUT2D eigenvalue weighted by atomic mass is 10.4. The van der Waals surface area contributed by atoms with E-state index in [1.54, 1.807) is 6.92 Å². The van der Waals surface area contributed by atoms with Crippen LogP contribution in [-0.4, -0.2) is 60.3 Å². The number of nitriles is 1. The molecule has 0 bridgehead atoms. The molecule has 7 nitrogen and oxygen atoms in total. The number of rotatable bonds is 3. The summed E-state index contributed by atoms with van der Waals surface area (Å²) in [7, 11) is -3.47. The van der Waals surface area contributed by atoms with Gasteiger partial charge < -0.3 is 4.98 Å². The van der Waals surface area contributed by atoms with Crippen molar-refractivity contribution in [1.82, 2.24) is 19.2 Å². The van der Waals surface area contributed by atoms with Gasteiger partial charge in [-0.15, -0.1) is 0 Å². The summed E-state index contributed by atoms with van der Waals surface area (Å²) in [4.78, 5) is 8.59. The van der Waals surface area contributed by atoms with Crippen LogP contribution in [0.25, 0.3) is 0 Å². The molecule has 1 aliphatic heterocycles. The first-order chi connectivity index (χ1) is 8.54. The molecule has 1 aliphatic rings. The van der Waals surface area contributed by atoms with E-state index in [9.17, 15) is 8.42 Å². The van der Waals surface area contributed by atoms with Gasteiger partial charge in [-0.05, 0) is 6.92 Å². The van der Waals surface area contributed by atoms with Crippen molar-refractivity contribution in [2.24, 2.45) is 0 Å². The van der Waals surface area contributed by atoms with Crippen molar-refractivity contribution in [3.8, 4) is 6.07 Å². The zero-order valence-corrected chi connectivity index (χ0v) is 10.9. The molecule has 0 aliphatic carbocycles. The van der Waals surface area contributed by atoms with E-state index in [4.69, 9.17) is 5.26 Å². The summed E-state index contributed by atoms with van der Waals surface area (Å²) in [6, 6.07) is 2.07. The number of nitrogens with zero attached hydrogens (tertiary/aromatic N) is 4. The lowest BCUT2D eigenvalue weighted by Crippen LogP contribution is -2.48. The van der Waals surface area contributed by atoms with E-state index in [0.717, 1.165) is 0 Å². The van der Waals surface area contributed by atoms with E-state index in [1.807, 2.05) is 4.90 Å². The highest BCUT2D eigenvalue weighted by atomic mass is 32.2. The summed E-state index contributed by atoms with van der Waals surface area (Å²) >= 11 is 0. The predicted molar refractivity (Wildman–Crippen MR) is 64.1 cm³/mol. The molecular formula is C10H15N5O2S. The molecule has 0 spiro atoms. The number of sulfonamides is 1. The number of nitrogens with one attached hydrogen (secondary N) is 1. The van der Waals surface area contributed by atoms with Gasteiger partial charge in [0, 0.05) is 26.2 Å². The second kappa shape index (κ2) is 5.06. The highest BCUT2D eigenvalue weighted by Crippen LogP contribution is 2.15. The molecule has 1 fully saturated rings. The average molecular weight is 269 g/mol. The molecule has 98 valence electrons. The Labute approximate surface area is 106 Å². The number of piperazine rings is 1. The quantitative estimate of drug-likeness (QED) is 0.750. The van der Waals surface area contributed by atoms with Crippen molar-refractivity contribution in [2.75, 3.05) is 32.7 Å². The van der Waals surface area contributed by atoms with Crippen LogP contribution in [0.2, 0.25) is 0 Å². The van der Waals surface area contributed by atoms with Gasteiger partial charge in [-0.2, -0.15) is 9.57 Å². The molecule has 2 heterocycles. The Balaban J connectivity index is 2.07. The molecule has 0 amide bonds. The van der Waals surface area contributed by atoms with Crippen LogP contribution in [0.5, 0.6) is 0 Å². The number of imidazole rings is 1. The van der Waals surface area contributed by atoms with E-state index in [2.05, 4.69) is 16.0 Å². The molecule has 0 atom stereocenters. The Morgan fingerprint density at radius 2 is 2.11 bits per heavy atom. The molecule has 0 radical (unpaired) electrons. The van der Waals surface area contributed by atoms with Crippen LogP contribution in [0, 0.1) is 18.3 Å². The number of H-pyrrole nitrogens is 1. The maximum Gasteiger partial charge on any atom is 0.260 e. The highest BCUT2D eigenvalue weighted by Gasteiger charge is 2.29.